The van der Waals surface area contributed by atoms with Gasteiger partial charge in [0, 0.05) is 0 Å². The Morgan fingerprint density at radius 1 is 1.47 bits per heavy atom. The second-order valence-corrected chi connectivity index (χ2v) is 5.16. The molecule has 0 aromatic carbocycles. The summed E-state index contributed by atoms with van der Waals surface area (Å²) in [5.74, 6) is 5.85. The van der Waals surface area contributed by atoms with E-state index >= 15 is 0 Å². The summed E-state index contributed by atoms with van der Waals surface area (Å²) in [6.07, 6.45) is 2.06. The van der Waals surface area contributed by atoms with Crippen LogP contribution in [0.3, 0.4) is 0 Å². The van der Waals surface area contributed by atoms with Crippen LogP contribution in [0.25, 0.3) is 0 Å². The van der Waals surface area contributed by atoms with Gasteiger partial charge >= 0.3 is 0 Å². The Kier molecular flexibility index (Phi) is 2.27. The molecule has 0 saturated heterocycles. The summed E-state index contributed by atoms with van der Waals surface area (Å²) in [4.78, 5) is 6.34. The van der Waals surface area contributed by atoms with Crippen LogP contribution in [-0.2, 0) is 15.8 Å². The van der Waals surface area contributed by atoms with Crippen LogP contribution in [0.5, 0.6) is 0 Å². The van der Waals surface area contributed by atoms with Gasteiger partial charge in [0.25, 0.3) is 0 Å². The van der Waals surface area contributed by atoms with Crippen molar-refractivity contribution in [3.05, 3.63) is 5.82 Å². The minimum atomic E-state index is -0.134. The van der Waals surface area contributed by atoms with Crippen molar-refractivity contribution in [1.82, 2.24) is 20.2 Å². The van der Waals surface area contributed by atoms with Gasteiger partial charge in [-0.3, -0.25) is 0 Å². The van der Waals surface area contributed by atoms with Crippen molar-refractivity contribution in [2.75, 3.05) is 6.61 Å². The Hall–Kier alpha value is -1.01. The third-order valence-electron chi connectivity index (χ3n) is 2.70. The Bertz CT molecular complexity index is 350. The van der Waals surface area contributed by atoms with Crippen LogP contribution >= 0.6 is 0 Å². The zero-order valence-electron chi connectivity index (χ0n) is 9.40. The summed E-state index contributed by atoms with van der Waals surface area (Å²) in [5, 5.41) is 12.5. The smallest absolute Gasteiger partial charge is 0.183 e. The quantitative estimate of drug-likeness (QED) is 0.730. The largest absolute Gasteiger partial charge is 0.304 e. The Morgan fingerprint density at radius 2 is 2.13 bits per heavy atom. The molecule has 0 atom stereocenters. The summed E-state index contributed by atoms with van der Waals surface area (Å²) >= 11 is 0. The van der Waals surface area contributed by atoms with Gasteiger partial charge in [-0.05, 0) is 38.8 Å². The summed E-state index contributed by atoms with van der Waals surface area (Å²) < 4.78 is 0. The fraction of sp³-hybridized carbons (Fsp3) is 0.889. The molecule has 6 heteroatoms. The first-order chi connectivity index (χ1) is 6.98. The molecule has 1 aromatic heterocycles. The van der Waals surface area contributed by atoms with E-state index in [1.54, 1.807) is 4.80 Å². The number of hydrogen-bond donors (Lipinski definition) is 1. The fourth-order valence-corrected chi connectivity index (χ4v) is 1.45. The van der Waals surface area contributed by atoms with Gasteiger partial charge < -0.3 is 4.84 Å². The molecular formula is C9H17N5O. The topological polar surface area (TPSA) is 78.8 Å². The molecule has 0 radical (unpaired) electrons. The van der Waals surface area contributed by atoms with Crippen LogP contribution in [0, 0.1) is 0 Å². The molecule has 0 aliphatic heterocycles. The first-order valence-electron chi connectivity index (χ1n) is 5.11. The summed E-state index contributed by atoms with van der Waals surface area (Å²) in [5.41, 5.74) is -0.205. The number of hydrogen-bond acceptors (Lipinski definition) is 5. The van der Waals surface area contributed by atoms with Gasteiger partial charge in [-0.15, -0.1) is 10.2 Å². The standard InChI is InChI=1S/C9H17N5O/c1-8(2,3)14-12-7(11-13-14)9(4-5-9)6-15-10/h4-6,10H2,1-3H3. The lowest BCUT2D eigenvalue weighted by Gasteiger charge is -2.15. The van der Waals surface area contributed by atoms with Crippen molar-refractivity contribution in [2.45, 2.75) is 44.6 Å². The number of nitrogens with zero attached hydrogens (tertiary/aromatic N) is 4. The fourth-order valence-electron chi connectivity index (χ4n) is 1.45. The van der Waals surface area contributed by atoms with Crippen LogP contribution in [-0.4, -0.2) is 26.8 Å². The van der Waals surface area contributed by atoms with Crippen LogP contribution < -0.4 is 5.90 Å². The molecule has 0 amide bonds. The molecule has 84 valence electrons. The van der Waals surface area contributed by atoms with Crippen LogP contribution in [0.2, 0.25) is 0 Å². The third-order valence-corrected chi connectivity index (χ3v) is 2.70. The van der Waals surface area contributed by atoms with Crippen molar-refractivity contribution in [3.63, 3.8) is 0 Å². The molecule has 0 bridgehead atoms. The van der Waals surface area contributed by atoms with Crippen molar-refractivity contribution in [3.8, 4) is 0 Å². The van der Waals surface area contributed by atoms with Gasteiger partial charge in [-0.1, -0.05) is 0 Å². The van der Waals surface area contributed by atoms with E-state index in [0.29, 0.717) is 6.61 Å². The van der Waals surface area contributed by atoms with E-state index in [0.717, 1.165) is 18.7 Å². The minimum Gasteiger partial charge on any atom is -0.304 e. The van der Waals surface area contributed by atoms with Gasteiger partial charge in [0.15, 0.2) is 5.82 Å². The van der Waals surface area contributed by atoms with Crippen molar-refractivity contribution >= 4 is 0 Å². The minimum absolute atomic E-state index is 0.0712. The van der Waals surface area contributed by atoms with Crippen molar-refractivity contribution in [1.29, 1.82) is 0 Å². The molecule has 1 fully saturated rings. The van der Waals surface area contributed by atoms with Crippen molar-refractivity contribution in [2.24, 2.45) is 5.90 Å². The Balaban J connectivity index is 2.21. The van der Waals surface area contributed by atoms with E-state index in [9.17, 15) is 0 Å². The molecule has 1 heterocycles. The molecule has 2 rings (SSSR count). The van der Waals surface area contributed by atoms with Gasteiger partial charge in [0.05, 0.1) is 17.6 Å². The second kappa shape index (κ2) is 3.24. The monoisotopic (exact) mass is 211 g/mol. The molecule has 15 heavy (non-hydrogen) atoms. The molecule has 1 aliphatic carbocycles. The average Bonchev–Trinajstić information content (AvgIpc) is 2.75. The van der Waals surface area contributed by atoms with Gasteiger partial charge in [-0.25, -0.2) is 5.90 Å². The number of tetrazole rings is 1. The average molecular weight is 211 g/mol. The maximum Gasteiger partial charge on any atom is 0.183 e. The van der Waals surface area contributed by atoms with E-state index in [1.807, 2.05) is 20.8 Å². The zero-order chi connectivity index (χ0) is 11.1. The van der Waals surface area contributed by atoms with Gasteiger partial charge in [-0.2, -0.15) is 4.80 Å². The SMILES string of the molecule is CC(C)(C)n1nnc(C2(CON)CC2)n1. The summed E-state index contributed by atoms with van der Waals surface area (Å²) in [6, 6.07) is 0. The van der Waals surface area contributed by atoms with Gasteiger partial charge in [0.2, 0.25) is 0 Å². The predicted octanol–water partition coefficient (Wildman–Crippen LogP) is 0.350. The zero-order valence-corrected chi connectivity index (χ0v) is 9.40. The molecular weight excluding hydrogens is 194 g/mol. The first-order valence-corrected chi connectivity index (χ1v) is 5.11. The van der Waals surface area contributed by atoms with E-state index in [-0.39, 0.29) is 11.0 Å². The van der Waals surface area contributed by atoms with Crippen LogP contribution in [0.15, 0.2) is 0 Å². The highest BCUT2D eigenvalue weighted by Gasteiger charge is 2.49. The number of nitrogens with two attached hydrogens (primary N) is 1. The lowest BCUT2D eigenvalue weighted by atomic mass is 10.1. The summed E-state index contributed by atoms with van der Waals surface area (Å²) in [6.45, 7) is 6.59. The Labute approximate surface area is 88.7 Å². The highest BCUT2D eigenvalue weighted by Crippen LogP contribution is 2.46. The highest BCUT2D eigenvalue weighted by molar-refractivity contribution is 5.15. The molecule has 2 N–H and O–H groups in total. The van der Waals surface area contributed by atoms with Gasteiger partial charge in [0.1, 0.15) is 0 Å². The number of aromatic nitrogens is 4. The lowest BCUT2D eigenvalue weighted by Crippen LogP contribution is -2.26. The number of rotatable bonds is 3. The second-order valence-electron chi connectivity index (χ2n) is 5.16. The molecule has 1 aromatic rings. The van der Waals surface area contributed by atoms with Crippen LogP contribution in [0.4, 0.5) is 0 Å². The molecule has 0 spiro atoms. The van der Waals surface area contributed by atoms with Crippen molar-refractivity contribution < 1.29 is 4.84 Å². The lowest BCUT2D eigenvalue weighted by molar-refractivity contribution is 0.113. The maximum atomic E-state index is 5.10. The first kappa shape index (κ1) is 10.5. The highest BCUT2D eigenvalue weighted by atomic mass is 16.6. The van der Waals surface area contributed by atoms with E-state index in [2.05, 4.69) is 15.4 Å². The van der Waals surface area contributed by atoms with Crippen LogP contribution in [0.1, 0.15) is 39.4 Å². The van der Waals surface area contributed by atoms with E-state index in [1.165, 1.54) is 0 Å². The maximum absolute atomic E-state index is 5.10. The molecule has 0 unspecified atom stereocenters. The van der Waals surface area contributed by atoms with E-state index in [4.69, 9.17) is 10.7 Å². The summed E-state index contributed by atoms with van der Waals surface area (Å²) in [7, 11) is 0. The third kappa shape index (κ3) is 1.87. The molecule has 1 saturated carbocycles. The predicted molar refractivity (Wildman–Crippen MR) is 53.9 cm³/mol. The Morgan fingerprint density at radius 3 is 2.53 bits per heavy atom. The molecule has 6 nitrogen and oxygen atoms in total. The van der Waals surface area contributed by atoms with E-state index < -0.39 is 0 Å². The molecule has 1 aliphatic rings. The normalized spacial score (nSPS) is 19.2.